The number of carbonyl (C=O) groups excluding carboxylic acids is 2. The van der Waals surface area contributed by atoms with E-state index in [1.165, 1.54) is 0 Å². The lowest BCUT2D eigenvalue weighted by molar-refractivity contribution is -0.118. The zero-order chi connectivity index (χ0) is 16.4. The lowest BCUT2D eigenvalue weighted by Crippen LogP contribution is -2.25. The second kappa shape index (κ2) is 6.04. The summed E-state index contributed by atoms with van der Waals surface area (Å²) in [6.45, 7) is -0.0450. The molecule has 0 saturated heterocycles. The highest BCUT2D eigenvalue weighted by Crippen LogP contribution is 2.28. The Labute approximate surface area is 130 Å². The Balaban J connectivity index is 1.70. The lowest BCUT2D eigenvalue weighted by Gasteiger charge is -2.18. The van der Waals surface area contributed by atoms with E-state index in [1.807, 2.05) is 0 Å². The highest BCUT2D eigenvalue weighted by atomic mass is 19.1. The third kappa shape index (κ3) is 3.45. The molecular weight excluding hydrogens is 306 g/mol. The summed E-state index contributed by atoms with van der Waals surface area (Å²) in [5.41, 5.74) is 1.01. The van der Waals surface area contributed by atoms with Gasteiger partial charge in [0.1, 0.15) is 17.4 Å². The van der Waals surface area contributed by atoms with Crippen LogP contribution in [0.3, 0.4) is 0 Å². The first-order chi connectivity index (χ1) is 11.0. The van der Waals surface area contributed by atoms with Crippen LogP contribution in [0.4, 0.5) is 20.2 Å². The van der Waals surface area contributed by atoms with Gasteiger partial charge >= 0.3 is 0 Å². The molecule has 1 heterocycles. The van der Waals surface area contributed by atoms with E-state index in [9.17, 15) is 18.4 Å². The largest absolute Gasteiger partial charge is 0.482 e. The fraction of sp³-hybridized carbons (Fsp3) is 0.125. The maximum Gasteiger partial charge on any atom is 0.262 e. The Bertz CT molecular complexity index is 793. The molecular formula is C16H12F2N2O3. The van der Waals surface area contributed by atoms with Crippen molar-refractivity contribution >= 4 is 23.2 Å². The molecule has 3 rings (SSSR count). The number of hydrogen-bond donors (Lipinski definition) is 2. The van der Waals surface area contributed by atoms with Gasteiger partial charge in [0, 0.05) is 6.07 Å². The minimum Gasteiger partial charge on any atom is -0.482 e. The summed E-state index contributed by atoms with van der Waals surface area (Å²) < 4.78 is 31.5. The molecule has 0 saturated carbocycles. The monoisotopic (exact) mass is 318 g/mol. The number of rotatable bonds is 3. The van der Waals surface area contributed by atoms with Crippen molar-refractivity contribution in [1.29, 1.82) is 0 Å². The summed E-state index contributed by atoms with van der Waals surface area (Å²) in [4.78, 5) is 23.2. The molecule has 1 aliphatic heterocycles. The average molecular weight is 318 g/mol. The van der Waals surface area contributed by atoms with Gasteiger partial charge < -0.3 is 15.4 Å². The summed E-state index contributed by atoms with van der Waals surface area (Å²) in [7, 11) is 0. The third-order valence-electron chi connectivity index (χ3n) is 3.25. The predicted molar refractivity (Wildman–Crippen MR) is 79.3 cm³/mol. The summed E-state index contributed by atoms with van der Waals surface area (Å²) in [5, 5.41) is 5.02. The van der Waals surface area contributed by atoms with Gasteiger partial charge in [0.25, 0.3) is 5.91 Å². The van der Waals surface area contributed by atoms with Crippen LogP contribution < -0.4 is 15.4 Å². The van der Waals surface area contributed by atoms with Gasteiger partial charge in [-0.3, -0.25) is 9.59 Å². The molecule has 5 nitrogen and oxygen atoms in total. The van der Waals surface area contributed by atoms with Gasteiger partial charge in [-0.2, -0.15) is 0 Å². The number of anilines is 2. The standard InChI is InChI=1S/C16H12F2N2O3/c17-10-2-3-12(11(18)7-10)19-15(21)6-9-1-4-14-13(5-9)20-16(22)8-23-14/h1-5,7H,6,8H2,(H,19,21)(H,20,22). The topological polar surface area (TPSA) is 67.4 Å². The number of ether oxygens (including phenoxy) is 1. The first-order valence-electron chi connectivity index (χ1n) is 6.82. The van der Waals surface area contributed by atoms with Crippen LogP contribution in [-0.4, -0.2) is 18.4 Å². The van der Waals surface area contributed by atoms with Crippen LogP contribution in [0.15, 0.2) is 36.4 Å². The minimum absolute atomic E-state index is 0.0278. The van der Waals surface area contributed by atoms with E-state index in [0.717, 1.165) is 12.1 Å². The quantitative estimate of drug-likeness (QED) is 0.913. The van der Waals surface area contributed by atoms with E-state index in [1.54, 1.807) is 18.2 Å². The van der Waals surface area contributed by atoms with Crippen molar-refractivity contribution in [3.05, 3.63) is 53.6 Å². The molecule has 0 aromatic heterocycles. The molecule has 0 spiro atoms. The van der Waals surface area contributed by atoms with Gasteiger partial charge in [0.15, 0.2) is 6.61 Å². The maximum absolute atomic E-state index is 13.5. The van der Waals surface area contributed by atoms with Crippen molar-refractivity contribution in [3.63, 3.8) is 0 Å². The first kappa shape index (κ1) is 15.0. The molecule has 2 aromatic carbocycles. The summed E-state index contributed by atoms with van der Waals surface area (Å²) in [6.07, 6.45) is -0.0278. The van der Waals surface area contributed by atoms with E-state index < -0.39 is 17.5 Å². The fourth-order valence-electron chi connectivity index (χ4n) is 2.21. The smallest absolute Gasteiger partial charge is 0.262 e. The van der Waals surface area contributed by atoms with Gasteiger partial charge in [0.2, 0.25) is 5.91 Å². The number of carbonyl (C=O) groups is 2. The molecule has 1 aliphatic rings. The van der Waals surface area contributed by atoms with Crippen LogP contribution in [0.25, 0.3) is 0 Å². The summed E-state index contributed by atoms with van der Waals surface area (Å²) in [6, 6.07) is 7.86. The molecule has 118 valence electrons. The van der Waals surface area contributed by atoms with Crippen LogP contribution in [0, 0.1) is 11.6 Å². The second-order valence-corrected chi connectivity index (χ2v) is 5.02. The molecule has 0 radical (unpaired) electrons. The maximum atomic E-state index is 13.5. The van der Waals surface area contributed by atoms with Gasteiger partial charge in [-0.15, -0.1) is 0 Å². The predicted octanol–water partition coefficient (Wildman–Crippen LogP) is 2.48. The van der Waals surface area contributed by atoms with Crippen molar-refractivity contribution < 1.29 is 23.1 Å². The molecule has 2 aromatic rings. The Hall–Kier alpha value is -2.96. The van der Waals surface area contributed by atoms with E-state index >= 15 is 0 Å². The number of benzene rings is 2. The minimum atomic E-state index is -0.843. The lowest BCUT2D eigenvalue weighted by atomic mass is 10.1. The number of nitrogens with one attached hydrogen (secondary N) is 2. The van der Waals surface area contributed by atoms with Crippen molar-refractivity contribution in [2.75, 3.05) is 17.2 Å². The number of amides is 2. The van der Waals surface area contributed by atoms with Gasteiger partial charge in [-0.25, -0.2) is 8.78 Å². The van der Waals surface area contributed by atoms with Gasteiger partial charge in [-0.05, 0) is 29.8 Å². The molecule has 0 fully saturated rings. The number of fused-ring (bicyclic) bond motifs is 1. The first-order valence-corrected chi connectivity index (χ1v) is 6.82. The summed E-state index contributed by atoms with van der Waals surface area (Å²) in [5.74, 6) is -1.76. The molecule has 2 N–H and O–H groups in total. The van der Waals surface area contributed by atoms with Crippen molar-refractivity contribution in [1.82, 2.24) is 0 Å². The van der Waals surface area contributed by atoms with Crippen LogP contribution in [0.2, 0.25) is 0 Å². The Morgan fingerprint density at radius 3 is 2.83 bits per heavy atom. The van der Waals surface area contributed by atoms with E-state index in [-0.39, 0.29) is 24.6 Å². The van der Waals surface area contributed by atoms with Gasteiger partial charge in [-0.1, -0.05) is 6.07 Å². The van der Waals surface area contributed by atoms with Crippen LogP contribution >= 0.6 is 0 Å². The molecule has 0 bridgehead atoms. The molecule has 2 amide bonds. The van der Waals surface area contributed by atoms with Crippen molar-refractivity contribution in [3.8, 4) is 5.75 Å². The molecule has 23 heavy (non-hydrogen) atoms. The van der Waals surface area contributed by atoms with Crippen LogP contribution in [0.5, 0.6) is 5.75 Å². The zero-order valence-electron chi connectivity index (χ0n) is 11.9. The number of halogens is 2. The van der Waals surface area contributed by atoms with Crippen LogP contribution in [-0.2, 0) is 16.0 Å². The second-order valence-electron chi connectivity index (χ2n) is 5.02. The highest BCUT2D eigenvalue weighted by Gasteiger charge is 2.17. The van der Waals surface area contributed by atoms with E-state index in [4.69, 9.17) is 4.74 Å². The average Bonchev–Trinajstić information content (AvgIpc) is 2.49. The van der Waals surface area contributed by atoms with Crippen molar-refractivity contribution in [2.45, 2.75) is 6.42 Å². The normalized spacial score (nSPS) is 12.9. The molecule has 0 aliphatic carbocycles. The molecule has 0 unspecified atom stereocenters. The van der Waals surface area contributed by atoms with Crippen LogP contribution in [0.1, 0.15) is 5.56 Å². The Morgan fingerprint density at radius 1 is 1.22 bits per heavy atom. The SMILES string of the molecule is O=C(Cc1ccc2c(c1)NC(=O)CO2)Nc1ccc(F)cc1F. The Morgan fingerprint density at radius 2 is 2.04 bits per heavy atom. The number of hydrogen-bond acceptors (Lipinski definition) is 3. The molecule has 0 atom stereocenters. The highest BCUT2D eigenvalue weighted by molar-refractivity contribution is 5.96. The Kier molecular flexibility index (Phi) is 3.92. The fourth-order valence-corrected chi connectivity index (χ4v) is 2.21. The van der Waals surface area contributed by atoms with Crippen molar-refractivity contribution in [2.24, 2.45) is 0 Å². The molecule has 7 heteroatoms. The third-order valence-corrected chi connectivity index (χ3v) is 3.25. The van der Waals surface area contributed by atoms with E-state index in [0.29, 0.717) is 23.1 Å². The summed E-state index contributed by atoms with van der Waals surface area (Å²) >= 11 is 0. The van der Waals surface area contributed by atoms with Gasteiger partial charge in [0.05, 0.1) is 17.8 Å². The van der Waals surface area contributed by atoms with E-state index in [2.05, 4.69) is 10.6 Å². The zero-order valence-corrected chi connectivity index (χ0v) is 11.9.